The van der Waals surface area contributed by atoms with Crippen molar-refractivity contribution in [3.8, 4) is 0 Å². The first kappa shape index (κ1) is 10.5. The molecule has 5 nitrogen and oxygen atoms in total. The molecular formula is C10H7ClN4O. The number of halogens is 1. The van der Waals surface area contributed by atoms with Crippen molar-refractivity contribution in [3.05, 3.63) is 47.8 Å². The van der Waals surface area contributed by atoms with E-state index in [2.05, 4.69) is 20.3 Å². The van der Waals surface area contributed by atoms with Crippen molar-refractivity contribution in [2.24, 2.45) is 0 Å². The standard InChI is InChI=1S/C10H7ClN4O/c11-9-8(2-1-3-14-9)10(16)15-7-4-12-6-13-5-7/h1-6H,(H,15,16). The summed E-state index contributed by atoms with van der Waals surface area (Å²) in [6.45, 7) is 0. The molecule has 2 rings (SSSR count). The van der Waals surface area contributed by atoms with Crippen LogP contribution in [0.25, 0.3) is 0 Å². The number of aromatic nitrogens is 3. The molecule has 0 spiro atoms. The van der Waals surface area contributed by atoms with Gasteiger partial charge >= 0.3 is 0 Å². The quantitative estimate of drug-likeness (QED) is 0.805. The lowest BCUT2D eigenvalue weighted by atomic mass is 10.2. The highest BCUT2D eigenvalue weighted by Crippen LogP contribution is 2.13. The van der Waals surface area contributed by atoms with Crippen LogP contribution in [0.4, 0.5) is 5.69 Å². The molecule has 0 aromatic carbocycles. The van der Waals surface area contributed by atoms with Crippen molar-refractivity contribution in [1.82, 2.24) is 15.0 Å². The zero-order valence-corrected chi connectivity index (χ0v) is 8.85. The zero-order chi connectivity index (χ0) is 11.4. The van der Waals surface area contributed by atoms with Crippen LogP contribution >= 0.6 is 11.6 Å². The maximum absolute atomic E-state index is 11.7. The van der Waals surface area contributed by atoms with Crippen LogP contribution < -0.4 is 5.32 Å². The van der Waals surface area contributed by atoms with Crippen molar-refractivity contribution in [2.45, 2.75) is 0 Å². The van der Waals surface area contributed by atoms with Gasteiger partial charge in [0.05, 0.1) is 23.6 Å². The molecule has 0 aliphatic rings. The fraction of sp³-hybridized carbons (Fsp3) is 0. The minimum Gasteiger partial charge on any atom is -0.319 e. The summed E-state index contributed by atoms with van der Waals surface area (Å²) in [5, 5.41) is 2.77. The van der Waals surface area contributed by atoms with Gasteiger partial charge in [-0.15, -0.1) is 0 Å². The Morgan fingerprint density at radius 1 is 1.31 bits per heavy atom. The number of pyridine rings is 1. The molecule has 0 saturated carbocycles. The van der Waals surface area contributed by atoms with E-state index in [9.17, 15) is 4.79 Å². The average molecular weight is 235 g/mol. The molecule has 0 aliphatic carbocycles. The number of amides is 1. The number of nitrogens with zero attached hydrogens (tertiary/aromatic N) is 3. The predicted octanol–water partition coefficient (Wildman–Crippen LogP) is 1.78. The summed E-state index contributed by atoms with van der Waals surface area (Å²) in [5.41, 5.74) is 0.820. The molecule has 0 saturated heterocycles. The Balaban J connectivity index is 2.19. The lowest BCUT2D eigenvalue weighted by molar-refractivity contribution is 0.102. The molecule has 2 aromatic rings. The van der Waals surface area contributed by atoms with Crippen molar-refractivity contribution >= 4 is 23.2 Å². The van der Waals surface area contributed by atoms with Gasteiger partial charge in [0.1, 0.15) is 11.5 Å². The minimum atomic E-state index is -0.340. The fourth-order valence-corrected chi connectivity index (χ4v) is 1.32. The van der Waals surface area contributed by atoms with Crippen molar-refractivity contribution < 1.29 is 4.79 Å². The molecule has 6 heteroatoms. The van der Waals surface area contributed by atoms with E-state index >= 15 is 0 Å². The van der Waals surface area contributed by atoms with Crippen molar-refractivity contribution in [2.75, 3.05) is 5.32 Å². The normalized spacial score (nSPS) is 9.81. The van der Waals surface area contributed by atoms with Gasteiger partial charge in [0.2, 0.25) is 0 Å². The number of carbonyl (C=O) groups is 1. The second kappa shape index (κ2) is 4.67. The highest BCUT2D eigenvalue weighted by molar-refractivity contribution is 6.33. The van der Waals surface area contributed by atoms with E-state index in [0.717, 1.165) is 0 Å². The summed E-state index contributed by atoms with van der Waals surface area (Å²) in [4.78, 5) is 23.1. The molecule has 0 bridgehead atoms. The molecule has 2 heterocycles. The first-order valence-electron chi connectivity index (χ1n) is 4.44. The fourth-order valence-electron chi connectivity index (χ4n) is 1.12. The number of hydrogen-bond donors (Lipinski definition) is 1. The van der Waals surface area contributed by atoms with Crippen LogP contribution in [0.5, 0.6) is 0 Å². The first-order chi connectivity index (χ1) is 7.77. The lowest BCUT2D eigenvalue weighted by Gasteiger charge is -2.04. The van der Waals surface area contributed by atoms with Crippen LogP contribution in [-0.2, 0) is 0 Å². The Kier molecular flexibility index (Phi) is 3.07. The summed E-state index contributed by atoms with van der Waals surface area (Å²) >= 11 is 5.78. The SMILES string of the molecule is O=C(Nc1cncnc1)c1cccnc1Cl. The van der Waals surface area contributed by atoms with Gasteiger partial charge in [-0.25, -0.2) is 15.0 Å². The van der Waals surface area contributed by atoms with Gasteiger partial charge < -0.3 is 5.32 Å². The molecule has 1 amide bonds. The van der Waals surface area contributed by atoms with Crippen LogP contribution in [0.15, 0.2) is 37.1 Å². The molecule has 0 atom stereocenters. The number of anilines is 1. The maximum atomic E-state index is 11.7. The van der Waals surface area contributed by atoms with Gasteiger partial charge in [0.15, 0.2) is 0 Å². The molecule has 2 aromatic heterocycles. The Morgan fingerprint density at radius 2 is 2.06 bits per heavy atom. The number of rotatable bonds is 2. The topological polar surface area (TPSA) is 67.8 Å². The van der Waals surface area contributed by atoms with E-state index in [4.69, 9.17) is 11.6 Å². The van der Waals surface area contributed by atoms with E-state index in [0.29, 0.717) is 11.3 Å². The number of nitrogens with one attached hydrogen (secondary N) is 1. The van der Waals surface area contributed by atoms with Gasteiger partial charge in [-0.05, 0) is 12.1 Å². The smallest absolute Gasteiger partial charge is 0.258 e. The van der Waals surface area contributed by atoms with Crippen LogP contribution in [-0.4, -0.2) is 20.9 Å². The van der Waals surface area contributed by atoms with Gasteiger partial charge in [-0.3, -0.25) is 4.79 Å². The Hall–Kier alpha value is -2.01. The molecule has 0 unspecified atom stereocenters. The second-order valence-electron chi connectivity index (χ2n) is 2.92. The van der Waals surface area contributed by atoms with Gasteiger partial charge in [-0.2, -0.15) is 0 Å². The van der Waals surface area contributed by atoms with Gasteiger partial charge in [0, 0.05) is 6.20 Å². The summed E-state index contributed by atoms with van der Waals surface area (Å²) in [5.74, 6) is -0.340. The molecule has 80 valence electrons. The third-order valence-electron chi connectivity index (χ3n) is 1.82. The van der Waals surface area contributed by atoms with E-state index < -0.39 is 0 Å². The van der Waals surface area contributed by atoms with Gasteiger partial charge in [-0.1, -0.05) is 11.6 Å². The molecule has 0 aliphatic heterocycles. The Bertz CT molecular complexity index is 503. The highest BCUT2D eigenvalue weighted by Gasteiger charge is 2.10. The minimum absolute atomic E-state index is 0.164. The van der Waals surface area contributed by atoms with Crippen molar-refractivity contribution in [3.63, 3.8) is 0 Å². The van der Waals surface area contributed by atoms with E-state index in [1.165, 1.54) is 24.9 Å². The van der Waals surface area contributed by atoms with E-state index in [-0.39, 0.29) is 11.1 Å². The van der Waals surface area contributed by atoms with Gasteiger partial charge in [0.25, 0.3) is 5.91 Å². The highest BCUT2D eigenvalue weighted by atomic mass is 35.5. The summed E-state index contributed by atoms with van der Waals surface area (Å²) < 4.78 is 0. The average Bonchev–Trinajstić information content (AvgIpc) is 2.31. The molecular weight excluding hydrogens is 228 g/mol. The predicted molar refractivity (Wildman–Crippen MR) is 59.2 cm³/mol. The summed E-state index contributed by atoms with van der Waals surface area (Å²) in [6.07, 6.45) is 5.89. The van der Waals surface area contributed by atoms with Crippen LogP contribution in [0.3, 0.4) is 0 Å². The molecule has 0 fully saturated rings. The first-order valence-corrected chi connectivity index (χ1v) is 4.82. The summed E-state index contributed by atoms with van der Waals surface area (Å²) in [7, 11) is 0. The maximum Gasteiger partial charge on any atom is 0.258 e. The largest absolute Gasteiger partial charge is 0.319 e. The number of carbonyl (C=O) groups excluding carboxylic acids is 1. The lowest BCUT2D eigenvalue weighted by Crippen LogP contribution is -2.13. The molecule has 1 N–H and O–H groups in total. The van der Waals surface area contributed by atoms with Crippen LogP contribution in [0, 0.1) is 0 Å². The van der Waals surface area contributed by atoms with Crippen molar-refractivity contribution in [1.29, 1.82) is 0 Å². The second-order valence-corrected chi connectivity index (χ2v) is 3.28. The Labute approximate surface area is 96.5 Å². The monoisotopic (exact) mass is 234 g/mol. The zero-order valence-electron chi connectivity index (χ0n) is 8.09. The van der Waals surface area contributed by atoms with E-state index in [1.807, 2.05) is 0 Å². The van der Waals surface area contributed by atoms with Crippen LogP contribution in [0.1, 0.15) is 10.4 Å². The molecule has 0 radical (unpaired) electrons. The molecule has 16 heavy (non-hydrogen) atoms. The van der Waals surface area contributed by atoms with E-state index in [1.54, 1.807) is 12.1 Å². The Morgan fingerprint density at radius 3 is 2.75 bits per heavy atom. The third-order valence-corrected chi connectivity index (χ3v) is 2.12. The number of hydrogen-bond acceptors (Lipinski definition) is 4. The summed E-state index contributed by atoms with van der Waals surface area (Å²) in [6, 6.07) is 3.23. The third kappa shape index (κ3) is 2.32. The van der Waals surface area contributed by atoms with Crippen LogP contribution in [0.2, 0.25) is 5.15 Å².